The van der Waals surface area contributed by atoms with Crippen molar-refractivity contribution in [2.45, 2.75) is 25.3 Å². The van der Waals surface area contributed by atoms with E-state index in [0.29, 0.717) is 6.01 Å². The zero-order valence-corrected chi connectivity index (χ0v) is 8.08. The number of nitrogens with two attached hydrogens (primary N) is 1. The maximum Gasteiger partial charge on any atom is 0.296 e. The number of aromatic nitrogens is 2. The third kappa shape index (κ3) is 1.21. The number of methoxy groups -OCH3 is 1. The quantitative estimate of drug-likeness (QED) is 0.696. The summed E-state index contributed by atoms with van der Waals surface area (Å²) in [6.07, 6.45) is 3.21. The number of hydrogen-bond donors (Lipinski definition) is 1. The van der Waals surface area contributed by atoms with Gasteiger partial charge < -0.3 is 10.5 Å². The molecular weight excluding hydrogens is 166 g/mol. The lowest BCUT2D eigenvalue weighted by Gasteiger charge is -2.18. The van der Waals surface area contributed by atoms with E-state index in [4.69, 9.17) is 10.5 Å². The van der Waals surface area contributed by atoms with E-state index in [9.17, 15) is 0 Å². The van der Waals surface area contributed by atoms with Gasteiger partial charge >= 0.3 is 0 Å². The number of ether oxygens (including phenoxy) is 1. The van der Waals surface area contributed by atoms with E-state index in [-0.39, 0.29) is 6.04 Å². The topological polar surface area (TPSA) is 53.1 Å². The van der Waals surface area contributed by atoms with E-state index < -0.39 is 0 Å². The van der Waals surface area contributed by atoms with E-state index >= 15 is 0 Å². The minimum Gasteiger partial charge on any atom is -0.468 e. The summed E-state index contributed by atoms with van der Waals surface area (Å²) < 4.78 is 7.10. The Morgan fingerprint density at radius 3 is 3.00 bits per heavy atom. The van der Waals surface area contributed by atoms with E-state index in [2.05, 4.69) is 4.98 Å². The van der Waals surface area contributed by atoms with Crippen molar-refractivity contribution in [3.05, 3.63) is 11.4 Å². The molecule has 0 saturated carbocycles. The van der Waals surface area contributed by atoms with Crippen molar-refractivity contribution in [3.63, 3.8) is 0 Å². The van der Waals surface area contributed by atoms with Gasteiger partial charge in [0, 0.05) is 13.1 Å². The molecule has 1 aliphatic carbocycles. The minimum absolute atomic E-state index is 0.130. The molecule has 72 valence electrons. The average Bonchev–Trinajstić information content (AvgIpc) is 2.44. The first-order valence-corrected chi connectivity index (χ1v) is 4.59. The molecular formula is C9H15N3O. The molecule has 2 rings (SSSR count). The van der Waals surface area contributed by atoms with E-state index in [1.165, 1.54) is 0 Å². The molecule has 0 saturated heterocycles. The number of fused-ring (bicyclic) bond motifs is 1. The van der Waals surface area contributed by atoms with E-state index in [1.54, 1.807) is 7.11 Å². The van der Waals surface area contributed by atoms with Crippen molar-refractivity contribution in [1.29, 1.82) is 0 Å². The first kappa shape index (κ1) is 8.56. The predicted molar refractivity (Wildman–Crippen MR) is 49.6 cm³/mol. The third-order valence-corrected chi connectivity index (χ3v) is 2.64. The second-order valence-electron chi connectivity index (χ2n) is 3.49. The molecule has 1 aromatic heterocycles. The zero-order valence-electron chi connectivity index (χ0n) is 8.08. The Balaban J connectivity index is 2.49. The molecule has 0 amide bonds. The van der Waals surface area contributed by atoms with Crippen LogP contribution in [0.4, 0.5) is 0 Å². The number of nitrogens with zero attached hydrogens (tertiary/aromatic N) is 2. The summed E-state index contributed by atoms with van der Waals surface area (Å²) >= 11 is 0. The van der Waals surface area contributed by atoms with Crippen molar-refractivity contribution in [2.75, 3.05) is 7.11 Å². The summed E-state index contributed by atoms with van der Waals surface area (Å²) in [7, 11) is 3.59. The average molecular weight is 181 g/mol. The highest BCUT2D eigenvalue weighted by molar-refractivity contribution is 5.25. The van der Waals surface area contributed by atoms with Crippen molar-refractivity contribution in [1.82, 2.24) is 9.55 Å². The molecule has 0 fully saturated rings. The van der Waals surface area contributed by atoms with Gasteiger partial charge in [0.1, 0.15) is 0 Å². The SMILES string of the molecule is COc1nc2c(n1C)C(N)CCC2. The summed E-state index contributed by atoms with van der Waals surface area (Å²) in [5.41, 5.74) is 8.25. The van der Waals surface area contributed by atoms with Crippen molar-refractivity contribution < 1.29 is 4.74 Å². The first-order valence-electron chi connectivity index (χ1n) is 4.59. The van der Waals surface area contributed by atoms with Crippen LogP contribution in [0.3, 0.4) is 0 Å². The molecule has 0 spiro atoms. The molecule has 1 atom stereocenters. The fourth-order valence-corrected chi connectivity index (χ4v) is 2.00. The van der Waals surface area contributed by atoms with Crippen LogP contribution in [0.25, 0.3) is 0 Å². The smallest absolute Gasteiger partial charge is 0.296 e. The highest BCUT2D eigenvalue weighted by Gasteiger charge is 2.23. The fourth-order valence-electron chi connectivity index (χ4n) is 2.00. The monoisotopic (exact) mass is 181 g/mol. The van der Waals surface area contributed by atoms with Gasteiger partial charge in [0.25, 0.3) is 6.01 Å². The molecule has 0 aromatic carbocycles. The zero-order chi connectivity index (χ0) is 9.42. The summed E-state index contributed by atoms with van der Waals surface area (Å²) in [6.45, 7) is 0. The third-order valence-electron chi connectivity index (χ3n) is 2.64. The van der Waals surface area contributed by atoms with Crippen LogP contribution in [-0.4, -0.2) is 16.7 Å². The van der Waals surface area contributed by atoms with Gasteiger partial charge in [-0.3, -0.25) is 4.57 Å². The second kappa shape index (κ2) is 3.03. The molecule has 1 unspecified atom stereocenters. The number of rotatable bonds is 1. The van der Waals surface area contributed by atoms with Crippen LogP contribution in [0.1, 0.15) is 30.3 Å². The molecule has 0 radical (unpaired) electrons. The van der Waals surface area contributed by atoms with Gasteiger partial charge in [-0.05, 0) is 19.3 Å². The Hall–Kier alpha value is -1.03. The molecule has 4 heteroatoms. The largest absolute Gasteiger partial charge is 0.468 e. The molecule has 1 aliphatic rings. The second-order valence-corrected chi connectivity index (χ2v) is 3.49. The first-order chi connectivity index (χ1) is 6.24. The van der Waals surface area contributed by atoms with Crippen LogP contribution in [0, 0.1) is 0 Å². The number of aryl methyl sites for hydroxylation is 1. The Bertz CT molecular complexity index is 319. The van der Waals surface area contributed by atoms with Crippen molar-refractivity contribution >= 4 is 0 Å². The van der Waals surface area contributed by atoms with Gasteiger partial charge in [0.15, 0.2) is 0 Å². The van der Waals surface area contributed by atoms with Gasteiger partial charge in [-0.2, -0.15) is 4.98 Å². The van der Waals surface area contributed by atoms with Gasteiger partial charge in [0.05, 0.1) is 18.5 Å². The Morgan fingerprint density at radius 2 is 2.38 bits per heavy atom. The predicted octanol–water partition coefficient (Wildman–Crippen LogP) is 0.765. The van der Waals surface area contributed by atoms with Crippen LogP contribution >= 0.6 is 0 Å². The molecule has 0 aliphatic heterocycles. The van der Waals surface area contributed by atoms with Crippen LogP contribution in [-0.2, 0) is 13.5 Å². The number of imidazole rings is 1. The Morgan fingerprint density at radius 1 is 1.62 bits per heavy atom. The lowest BCUT2D eigenvalue weighted by Crippen LogP contribution is -2.19. The lowest BCUT2D eigenvalue weighted by atomic mass is 9.97. The van der Waals surface area contributed by atoms with Gasteiger partial charge in [-0.25, -0.2) is 0 Å². The normalized spacial score (nSPS) is 21.3. The molecule has 4 nitrogen and oxygen atoms in total. The standard InChI is InChI=1S/C9H15N3O/c1-12-8-6(10)4-3-5-7(8)11-9(12)13-2/h6H,3-5,10H2,1-2H3. The van der Waals surface area contributed by atoms with Gasteiger partial charge in [-0.15, -0.1) is 0 Å². The minimum atomic E-state index is 0.130. The highest BCUT2D eigenvalue weighted by atomic mass is 16.5. The molecule has 2 N–H and O–H groups in total. The van der Waals surface area contributed by atoms with E-state index in [0.717, 1.165) is 30.7 Å². The van der Waals surface area contributed by atoms with Gasteiger partial charge in [0.2, 0.25) is 0 Å². The fraction of sp³-hybridized carbons (Fsp3) is 0.667. The van der Waals surface area contributed by atoms with Gasteiger partial charge in [-0.1, -0.05) is 0 Å². The van der Waals surface area contributed by atoms with E-state index in [1.807, 2.05) is 11.6 Å². The van der Waals surface area contributed by atoms with Crippen LogP contribution in [0.5, 0.6) is 6.01 Å². The molecule has 13 heavy (non-hydrogen) atoms. The summed E-state index contributed by atoms with van der Waals surface area (Å²) in [5.74, 6) is 0. The maximum absolute atomic E-state index is 6.00. The van der Waals surface area contributed by atoms with Crippen LogP contribution in [0.15, 0.2) is 0 Å². The van der Waals surface area contributed by atoms with Crippen molar-refractivity contribution in [2.24, 2.45) is 12.8 Å². The highest BCUT2D eigenvalue weighted by Crippen LogP contribution is 2.29. The lowest BCUT2D eigenvalue weighted by molar-refractivity contribution is 0.363. The summed E-state index contributed by atoms with van der Waals surface area (Å²) in [4.78, 5) is 4.38. The maximum atomic E-state index is 6.00. The molecule has 0 bridgehead atoms. The molecule has 1 heterocycles. The Labute approximate surface area is 77.7 Å². The van der Waals surface area contributed by atoms with Crippen LogP contribution in [0.2, 0.25) is 0 Å². The Kier molecular flexibility index (Phi) is 2.00. The van der Waals surface area contributed by atoms with Crippen LogP contribution < -0.4 is 10.5 Å². The summed E-state index contributed by atoms with van der Waals surface area (Å²) in [5, 5.41) is 0. The molecule has 1 aromatic rings. The van der Waals surface area contributed by atoms with Crippen molar-refractivity contribution in [3.8, 4) is 6.01 Å². The number of hydrogen-bond acceptors (Lipinski definition) is 3. The summed E-state index contributed by atoms with van der Waals surface area (Å²) in [6, 6.07) is 0.799.